The molecule has 0 spiro atoms. The van der Waals surface area contributed by atoms with Crippen LogP contribution >= 0.6 is 0 Å². The van der Waals surface area contributed by atoms with E-state index in [9.17, 15) is 45.3 Å². The highest BCUT2D eigenvalue weighted by atomic mass is 16.7. The standard InChI is InChI=1S/C22H40N4O13/c1-6(28)25-4-10-14(31)16(33)17(34)22(36-10)39-20-9(24)3-8(23)19(18(20)35)38-21-15(32)12(26-7(2)29)13(30)11(5-27)37-21/h8-22,27,30-35H,3-5,23-24H2,1-2H3,(H,25,28)(H,26,29)/t8-,9+,10-,11-,12+,13-,14-,15-,16+,17-,18-,19+,20-,21-,22-/m1/s1. The molecule has 2 heterocycles. The largest absolute Gasteiger partial charge is 0.394 e. The molecule has 0 aromatic rings. The van der Waals surface area contributed by atoms with E-state index in [4.69, 9.17) is 30.4 Å². The van der Waals surface area contributed by atoms with Crippen LogP contribution in [0.5, 0.6) is 0 Å². The van der Waals surface area contributed by atoms with Crippen LogP contribution < -0.4 is 22.1 Å². The van der Waals surface area contributed by atoms with Gasteiger partial charge in [0.15, 0.2) is 12.6 Å². The first-order valence-electron chi connectivity index (χ1n) is 12.6. The van der Waals surface area contributed by atoms with E-state index in [2.05, 4.69) is 10.6 Å². The van der Waals surface area contributed by atoms with E-state index < -0.39 is 110 Å². The molecular weight excluding hydrogens is 528 g/mol. The molecule has 3 rings (SSSR count). The molecule has 1 saturated carbocycles. The molecular formula is C22H40N4O13. The molecule has 0 aromatic carbocycles. The predicted octanol–water partition coefficient (Wildman–Crippen LogP) is -6.94. The zero-order valence-corrected chi connectivity index (χ0v) is 21.5. The number of aliphatic hydroxyl groups is 7. The summed E-state index contributed by atoms with van der Waals surface area (Å²) in [5, 5.41) is 77.6. The van der Waals surface area contributed by atoms with Crippen LogP contribution in [0.15, 0.2) is 0 Å². The van der Waals surface area contributed by atoms with Crippen molar-refractivity contribution in [3.8, 4) is 0 Å². The summed E-state index contributed by atoms with van der Waals surface area (Å²) < 4.78 is 22.5. The number of hydrogen-bond acceptors (Lipinski definition) is 15. The summed E-state index contributed by atoms with van der Waals surface area (Å²) in [5.41, 5.74) is 12.3. The van der Waals surface area contributed by atoms with Crippen molar-refractivity contribution in [3.63, 3.8) is 0 Å². The van der Waals surface area contributed by atoms with Crippen molar-refractivity contribution in [2.24, 2.45) is 11.5 Å². The monoisotopic (exact) mass is 568 g/mol. The van der Waals surface area contributed by atoms with Gasteiger partial charge in [-0.3, -0.25) is 9.59 Å². The average molecular weight is 569 g/mol. The molecule has 15 atom stereocenters. The smallest absolute Gasteiger partial charge is 0.217 e. The third-order valence-corrected chi connectivity index (χ3v) is 7.12. The van der Waals surface area contributed by atoms with Crippen LogP contribution in [0.3, 0.4) is 0 Å². The molecule has 2 saturated heterocycles. The van der Waals surface area contributed by atoms with E-state index in [-0.39, 0.29) is 13.0 Å². The molecule has 3 aliphatic rings. The van der Waals surface area contributed by atoms with Gasteiger partial charge < -0.3 is 76.8 Å². The molecule has 0 radical (unpaired) electrons. The Balaban J connectivity index is 1.75. The van der Waals surface area contributed by atoms with Gasteiger partial charge in [0.2, 0.25) is 11.8 Å². The Morgan fingerprint density at radius 2 is 1.31 bits per heavy atom. The number of amides is 2. The fourth-order valence-corrected chi connectivity index (χ4v) is 5.00. The summed E-state index contributed by atoms with van der Waals surface area (Å²) in [6, 6.07) is -3.11. The van der Waals surface area contributed by atoms with E-state index >= 15 is 0 Å². The van der Waals surface area contributed by atoms with Gasteiger partial charge in [-0.05, 0) is 6.42 Å². The fraction of sp³-hybridized carbons (Fsp3) is 0.909. The first-order valence-corrected chi connectivity index (χ1v) is 12.6. The van der Waals surface area contributed by atoms with E-state index in [1.165, 1.54) is 13.8 Å². The highest BCUT2D eigenvalue weighted by molar-refractivity contribution is 5.73. The topological polar surface area (TPSA) is 289 Å². The van der Waals surface area contributed by atoms with Gasteiger partial charge >= 0.3 is 0 Å². The molecule has 2 amide bonds. The second-order valence-corrected chi connectivity index (χ2v) is 10.1. The lowest BCUT2D eigenvalue weighted by molar-refractivity contribution is -0.333. The maximum atomic E-state index is 11.6. The molecule has 39 heavy (non-hydrogen) atoms. The van der Waals surface area contributed by atoms with Crippen LogP contribution in [0.2, 0.25) is 0 Å². The summed E-state index contributed by atoms with van der Waals surface area (Å²) in [5.74, 6) is -0.995. The van der Waals surface area contributed by atoms with Gasteiger partial charge in [-0.2, -0.15) is 0 Å². The molecule has 13 N–H and O–H groups in total. The first kappa shape index (κ1) is 31.9. The van der Waals surface area contributed by atoms with Crippen molar-refractivity contribution in [1.82, 2.24) is 10.6 Å². The molecule has 0 bridgehead atoms. The molecule has 1 aliphatic carbocycles. The Kier molecular flexibility index (Phi) is 11.0. The Morgan fingerprint density at radius 1 is 0.769 bits per heavy atom. The van der Waals surface area contributed by atoms with E-state index in [0.29, 0.717) is 0 Å². The van der Waals surface area contributed by atoms with Gasteiger partial charge in [-0.15, -0.1) is 0 Å². The lowest BCUT2D eigenvalue weighted by atomic mass is 9.84. The van der Waals surface area contributed by atoms with Crippen LogP contribution in [-0.2, 0) is 28.5 Å². The van der Waals surface area contributed by atoms with Crippen LogP contribution in [0.25, 0.3) is 0 Å². The van der Waals surface area contributed by atoms with Crippen LogP contribution in [-0.4, -0.2) is 152 Å². The summed E-state index contributed by atoms with van der Waals surface area (Å²) in [4.78, 5) is 22.8. The first-order chi connectivity index (χ1) is 18.3. The van der Waals surface area contributed by atoms with Crippen molar-refractivity contribution in [2.75, 3.05) is 13.2 Å². The van der Waals surface area contributed by atoms with Crippen molar-refractivity contribution < 1.29 is 64.3 Å². The maximum Gasteiger partial charge on any atom is 0.217 e. The van der Waals surface area contributed by atoms with E-state index in [1.807, 2.05) is 0 Å². The third-order valence-electron chi connectivity index (χ3n) is 7.12. The second kappa shape index (κ2) is 13.4. The summed E-state index contributed by atoms with van der Waals surface area (Å²) >= 11 is 0. The highest BCUT2D eigenvalue weighted by Gasteiger charge is 2.52. The Hall–Kier alpha value is -1.58. The van der Waals surface area contributed by atoms with Crippen LogP contribution in [0, 0.1) is 0 Å². The summed E-state index contributed by atoms with van der Waals surface area (Å²) in [7, 11) is 0. The zero-order chi connectivity index (χ0) is 29.2. The van der Waals surface area contributed by atoms with Gasteiger partial charge in [0.1, 0.15) is 61.0 Å². The molecule has 17 heteroatoms. The van der Waals surface area contributed by atoms with E-state index in [0.717, 1.165) is 0 Å². The number of carbonyl (C=O) groups excluding carboxylic acids is 2. The van der Waals surface area contributed by atoms with Crippen molar-refractivity contribution in [2.45, 2.75) is 112 Å². The Bertz CT molecular complexity index is 842. The number of hydrogen-bond donors (Lipinski definition) is 11. The van der Waals surface area contributed by atoms with Crippen LogP contribution in [0.4, 0.5) is 0 Å². The van der Waals surface area contributed by atoms with Gasteiger partial charge in [-0.1, -0.05) is 0 Å². The molecule has 3 fully saturated rings. The van der Waals surface area contributed by atoms with Crippen LogP contribution in [0.1, 0.15) is 20.3 Å². The second-order valence-electron chi connectivity index (χ2n) is 10.1. The number of nitrogens with two attached hydrogens (primary N) is 2. The number of nitrogens with one attached hydrogen (secondary N) is 2. The summed E-state index contributed by atoms with van der Waals surface area (Å²) in [6.07, 6.45) is -17.9. The Morgan fingerprint density at radius 3 is 1.82 bits per heavy atom. The third kappa shape index (κ3) is 7.20. The molecule has 226 valence electrons. The van der Waals surface area contributed by atoms with Crippen molar-refractivity contribution in [1.29, 1.82) is 0 Å². The molecule has 0 aromatic heterocycles. The normalized spacial score (nSPS) is 46.9. The zero-order valence-electron chi connectivity index (χ0n) is 21.5. The minimum Gasteiger partial charge on any atom is -0.394 e. The fourth-order valence-electron chi connectivity index (χ4n) is 5.00. The predicted molar refractivity (Wildman–Crippen MR) is 127 cm³/mol. The minimum absolute atomic E-state index is 0.0136. The van der Waals surface area contributed by atoms with Gasteiger partial charge in [0, 0.05) is 32.5 Å². The minimum atomic E-state index is -1.75. The quantitative estimate of drug-likeness (QED) is 0.130. The Labute approximate surface area is 224 Å². The van der Waals surface area contributed by atoms with E-state index in [1.54, 1.807) is 0 Å². The molecule has 17 nitrogen and oxygen atoms in total. The molecule has 0 unspecified atom stereocenters. The maximum absolute atomic E-state index is 11.6. The number of ether oxygens (including phenoxy) is 4. The number of rotatable bonds is 8. The number of aliphatic hydroxyl groups excluding tert-OH is 7. The lowest BCUT2D eigenvalue weighted by Crippen LogP contribution is -2.69. The van der Waals surface area contributed by atoms with Crippen molar-refractivity contribution >= 4 is 11.8 Å². The SMILES string of the molecule is CC(=O)NC[C@H]1O[C@H](O[C@H]2[C@H](O)[C@@H](O[C@H]3O[C@H](CO)[C@@H](O)[C@H](NC(C)=O)[C@H]3O)[C@H](N)C[C@@H]2N)[C@H](O)[C@@H](O)[C@@H]1O. The average Bonchev–Trinajstić information content (AvgIpc) is 2.86. The highest BCUT2D eigenvalue weighted by Crippen LogP contribution is 2.31. The summed E-state index contributed by atoms with van der Waals surface area (Å²) in [6.45, 7) is 1.52. The number of carbonyl (C=O) groups is 2. The van der Waals surface area contributed by atoms with Gasteiger partial charge in [0.25, 0.3) is 0 Å². The van der Waals surface area contributed by atoms with Gasteiger partial charge in [0.05, 0.1) is 12.6 Å². The molecule has 2 aliphatic heterocycles. The lowest BCUT2D eigenvalue weighted by Gasteiger charge is -2.48. The van der Waals surface area contributed by atoms with Crippen molar-refractivity contribution in [3.05, 3.63) is 0 Å². The van der Waals surface area contributed by atoms with Gasteiger partial charge in [-0.25, -0.2) is 0 Å².